The Kier molecular flexibility index (Phi) is 6.49. The summed E-state index contributed by atoms with van der Waals surface area (Å²) in [4.78, 5) is 0. The summed E-state index contributed by atoms with van der Waals surface area (Å²) in [6.07, 6.45) is 1.88. The molecule has 0 aromatic heterocycles. The van der Waals surface area contributed by atoms with Crippen molar-refractivity contribution in [3.05, 3.63) is 12.7 Å². The predicted octanol–water partition coefficient (Wildman–Crippen LogP) is 0.800. The summed E-state index contributed by atoms with van der Waals surface area (Å²) < 4.78 is -1.16. The second kappa shape index (κ2) is 4.93. The third-order valence-corrected chi connectivity index (χ3v) is 1.27. The average molecular weight is 198 g/mol. The van der Waals surface area contributed by atoms with Crippen LogP contribution in [0, 0.1) is 0 Å². The fraction of sp³-hybridized carbons (Fsp3) is 0.600. The Hall–Kier alpha value is 0.100. The molecule has 4 heteroatoms. The van der Waals surface area contributed by atoms with Crippen LogP contribution in [0.25, 0.3) is 0 Å². The monoisotopic (exact) mass is 197 g/mol. The van der Waals surface area contributed by atoms with Gasteiger partial charge in [0.05, 0.1) is 6.61 Å². The van der Waals surface area contributed by atoms with Crippen LogP contribution < -0.4 is 6.15 Å². The minimum absolute atomic E-state index is 0. The first-order valence-corrected chi connectivity index (χ1v) is 3.05. The maximum atomic E-state index is 8.92. The Balaban J connectivity index is 0. The van der Waals surface area contributed by atoms with E-state index in [9.17, 15) is 0 Å². The van der Waals surface area contributed by atoms with Gasteiger partial charge in [-0.05, 0) is 0 Å². The highest BCUT2D eigenvalue weighted by Gasteiger charge is 2.18. The lowest BCUT2D eigenvalue weighted by molar-refractivity contribution is 0.0738. The second-order valence-corrected chi connectivity index (χ2v) is 3.05. The molecule has 5 N–H and O–H groups in total. The SMILES string of the molecule is C=CCC(O)(Br)CO.N. The van der Waals surface area contributed by atoms with Crippen LogP contribution in [0.5, 0.6) is 0 Å². The van der Waals surface area contributed by atoms with Crippen LogP contribution in [-0.2, 0) is 0 Å². The quantitative estimate of drug-likeness (QED) is 0.463. The Bertz CT molecular complexity index is 85.0. The molecule has 0 fully saturated rings. The van der Waals surface area contributed by atoms with E-state index < -0.39 is 4.51 Å². The summed E-state index contributed by atoms with van der Waals surface area (Å²) in [7, 11) is 0. The topological polar surface area (TPSA) is 75.5 Å². The van der Waals surface area contributed by atoms with Crippen LogP contribution in [0.2, 0.25) is 0 Å². The molecule has 0 rings (SSSR count). The van der Waals surface area contributed by atoms with Crippen molar-refractivity contribution in [1.29, 1.82) is 0 Å². The van der Waals surface area contributed by atoms with Crippen LogP contribution >= 0.6 is 15.9 Å². The molecule has 3 nitrogen and oxygen atoms in total. The molecule has 0 heterocycles. The van der Waals surface area contributed by atoms with Crippen molar-refractivity contribution in [3.63, 3.8) is 0 Å². The van der Waals surface area contributed by atoms with E-state index in [0.717, 1.165) is 0 Å². The first kappa shape index (κ1) is 11.8. The van der Waals surface area contributed by atoms with E-state index in [1.165, 1.54) is 6.08 Å². The number of alkyl halides is 1. The summed E-state index contributed by atoms with van der Waals surface area (Å²) in [6.45, 7) is 3.10. The Morgan fingerprint density at radius 1 is 1.67 bits per heavy atom. The maximum Gasteiger partial charge on any atom is 0.145 e. The molecule has 1 unspecified atom stereocenters. The van der Waals surface area contributed by atoms with Gasteiger partial charge in [-0.15, -0.1) is 6.58 Å². The largest absolute Gasteiger partial charge is 0.392 e. The summed E-state index contributed by atoms with van der Waals surface area (Å²) >= 11 is 2.88. The van der Waals surface area contributed by atoms with E-state index in [-0.39, 0.29) is 12.8 Å². The third-order valence-electron chi connectivity index (χ3n) is 0.699. The van der Waals surface area contributed by atoms with Crippen molar-refractivity contribution in [3.8, 4) is 0 Å². The molecule has 9 heavy (non-hydrogen) atoms. The van der Waals surface area contributed by atoms with Gasteiger partial charge >= 0.3 is 0 Å². The lowest BCUT2D eigenvalue weighted by Crippen LogP contribution is -2.23. The van der Waals surface area contributed by atoms with Crippen molar-refractivity contribution in [2.45, 2.75) is 10.9 Å². The van der Waals surface area contributed by atoms with Crippen LogP contribution in [0.3, 0.4) is 0 Å². The highest BCUT2D eigenvalue weighted by Crippen LogP contribution is 2.17. The zero-order valence-electron chi connectivity index (χ0n) is 5.18. The van der Waals surface area contributed by atoms with Gasteiger partial charge in [0.1, 0.15) is 4.51 Å². The van der Waals surface area contributed by atoms with Crippen LogP contribution in [0.15, 0.2) is 12.7 Å². The molecule has 0 aliphatic rings. The van der Waals surface area contributed by atoms with Gasteiger partial charge in [-0.2, -0.15) is 0 Å². The van der Waals surface area contributed by atoms with Gasteiger partial charge in [-0.3, -0.25) is 0 Å². The van der Waals surface area contributed by atoms with Gasteiger partial charge in [0.25, 0.3) is 0 Å². The molecule has 0 amide bonds. The van der Waals surface area contributed by atoms with E-state index in [1.807, 2.05) is 0 Å². The van der Waals surface area contributed by atoms with Crippen molar-refractivity contribution >= 4 is 15.9 Å². The van der Waals surface area contributed by atoms with Gasteiger partial charge in [-0.25, -0.2) is 0 Å². The Morgan fingerprint density at radius 3 is 2.22 bits per heavy atom. The van der Waals surface area contributed by atoms with E-state index in [2.05, 4.69) is 22.5 Å². The Morgan fingerprint density at radius 2 is 2.11 bits per heavy atom. The number of aliphatic hydroxyl groups excluding tert-OH is 1. The predicted molar refractivity (Wildman–Crippen MR) is 40.8 cm³/mol. The third kappa shape index (κ3) is 5.98. The van der Waals surface area contributed by atoms with E-state index in [1.54, 1.807) is 0 Å². The summed E-state index contributed by atoms with van der Waals surface area (Å²) in [5, 5.41) is 17.3. The van der Waals surface area contributed by atoms with E-state index in [4.69, 9.17) is 10.2 Å². The minimum Gasteiger partial charge on any atom is -0.392 e. The molecule has 0 aliphatic heterocycles. The molecule has 0 aromatic rings. The standard InChI is InChI=1S/C5H9BrO2.H3N/c1-2-3-5(6,8)4-7;/h2,7-8H,1,3-4H2;1H3. The highest BCUT2D eigenvalue weighted by molar-refractivity contribution is 9.10. The fourth-order valence-corrected chi connectivity index (χ4v) is 0.515. The zero-order valence-corrected chi connectivity index (χ0v) is 6.76. The van der Waals surface area contributed by atoms with Crippen molar-refractivity contribution in [2.75, 3.05) is 6.61 Å². The minimum atomic E-state index is -1.16. The van der Waals surface area contributed by atoms with Gasteiger partial charge in [0.2, 0.25) is 0 Å². The number of halogens is 1. The summed E-state index contributed by atoms with van der Waals surface area (Å²) in [5.41, 5.74) is 0. The Labute approximate surface area is 63.1 Å². The molecule has 0 aromatic carbocycles. The van der Waals surface area contributed by atoms with Crippen LogP contribution in [0.1, 0.15) is 6.42 Å². The fourth-order valence-electron chi connectivity index (χ4n) is 0.286. The summed E-state index contributed by atoms with van der Waals surface area (Å²) in [5.74, 6) is 0. The molecule has 0 saturated carbocycles. The van der Waals surface area contributed by atoms with Crippen LogP contribution in [0.4, 0.5) is 0 Å². The molecular formula is C5H12BrNO2. The zero-order chi connectivity index (χ0) is 6.62. The van der Waals surface area contributed by atoms with Gasteiger partial charge in [0.15, 0.2) is 0 Å². The van der Waals surface area contributed by atoms with Crippen molar-refractivity contribution in [2.24, 2.45) is 0 Å². The molecule has 0 saturated heterocycles. The average Bonchev–Trinajstić information content (AvgIpc) is 1.67. The van der Waals surface area contributed by atoms with E-state index >= 15 is 0 Å². The highest BCUT2D eigenvalue weighted by atomic mass is 79.9. The lowest BCUT2D eigenvalue weighted by Gasteiger charge is -2.14. The summed E-state index contributed by atoms with van der Waals surface area (Å²) in [6, 6.07) is 0. The van der Waals surface area contributed by atoms with Gasteiger partial charge in [-0.1, -0.05) is 22.0 Å². The first-order chi connectivity index (χ1) is 3.62. The normalized spacial score (nSPS) is 15.4. The second-order valence-electron chi connectivity index (χ2n) is 1.57. The van der Waals surface area contributed by atoms with Crippen molar-refractivity contribution < 1.29 is 10.2 Å². The molecule has 56 valence electrons. The smallest absolute Gasteiger partial charge is 0.145 e. The van der Waals surface area contributed by atoms with Gasteiger partial charge < -0.3 is 16.4 Å². The number of hydrogen-bond acceptors (Lipinski definition) is 3. The molecular weight excluding hydrogens is 186 g/mol. The number of hydrogen-bond donors (Lipinski definition) is 3. The first-order valence-electron chi connectivity index (χ1n) is 2.25. The van der Waals surface area contributed by atoms with Crippen molar-refractivity contribution in [1.82, 2.24) is 6.15 Å². The molecule has 0 radical (unpaired) electrons. The van der Waals surface area contributed by atoms with Crippen LogP contribution in [-0.4, -0.2) is 21.3 Å². The maximum absolute atomic E-state index is 8.92. The van der Waals surface area contributed by atoms with Gasteiger partial charge in [0, 0.05) is 6.42 Å². The van der Waals surface area contributed by atoms with E-state index in [0.29, 0.717) is 6.42 Å². The molecule has 0 bridgehead atoms. The molecule has 0 spiro atoms. The number of rotatable bonds is 3. The molecule has 1 atom stereocenters. The molecule has 0 aliphatic carbocycles. The number of aliphatic hydroxyl groups is 2. The lowest BCUT2D eigenvalue weighted by atomic mass is 10.3.